The zero-order valence-corrected chi connectivity index (χ0v) is 16.6. The lowest BCUT2D eigenvalue weighted by Crippen LogP contribution is -3.11. The Hall–Kier alpha value is -2.05. The molecule has 2 atom stereocenters. The maximum atomic E-state index is 12.5. The van der Waals surface area contributed by atoms with Crippen molar-refractivity contribution in [2.24, 2.45) is 0 Å². The number of benzene rings is 2. The van der Waals surface area contributed by atoms with Gasteiger partial charge in [0.05, 0.1) is 26.3 Å². The monoisotopic (exact) mass is 419 g/mol. The first kappa shape index (κ1) is 18.7. The van der Waals surface area contributed by atoms with Crippen LogP contribution < -0.4 is 19.7 Å². The number of rotatable bonds is 6. The molecular weight excluding hydrogens is 396 g/mol. The molecule has 2 aromatic rings. The summed E-state index contributed by atoms with van der Waals surface area (Å²) in [5, 5.41) is 2.99. The SMILES string of the molecule is COc1ccc([C@@H]2CCC[NH+]2CC(=O)Nc2cccc(Br)c2)c(OC)c1. The van der Waals surface area contributed by atoms with E-state index in [-0.39, 0.29) is 11.9 Å². The van der Waals surface area contributed by atoms with Crippen LogP contribution in [0.25, 0.3) is 0 Å². The van der Waals surface area contributed by atoms with Crippen LogP contribution >= 0.6 is 15.9 Å². The smallest absolute Gasteiger partial charge is 0.279 e. The first-order chi connectivity index (χ1) is 12.6. The Kier molecular flexibility index (Phi) is 6.16. The van der Waals surface area contributed by atoms with Gasteiger partial charge in [-0.25, -0.2) is 0 Å². The van der Waals surface area contributed by atoms with Gasteiger partial charge in [0.1, 0.15) is 17.5 Å². The predicted octanol–water partition coefficient (Wildman–Crippen LogP) is 2.82. The summed E-state index contributed by atoms with van der Waals surface area (Å²) in [6.45, 7) is 1.41. The zero-order chi connectivity index (χ0) is 18.5. The molecule has 1 heterocycles. The number of carbonyl (C=O) groups is 1. The van der Waals surface area contributed by atoms with Crippen LogP contribution in [0.1, 0.15) is 24.4 Å². The first-order valence-electron chi connectivity index (χ1n) is 8.72. The molecular formula is C20H24BrN2O3+. The van der Waals surface area contributed by atoms with E-state index < -0.39 is 0 Å². The Labute approximate surface area is 162 Å². The lowest BCUT2D eigenvalue weighted by Gasteiger charge is -2.23. The van der Waals surface area contributed by atoms with E-state index in [9.17, 15) is 4.79 Å². The number of halogens is 1. The standard InChI is InChI=1S/C20H23BrN2O3/c1-25-16-8-9-17(19(12-16)26-2)18-7-4-10-23(18)13-20(24)22-15-6-3-5-14(21)11-15/h3,5-6,8-9,11-12,18H,4,7,10,13H2,1-2H3,(H,22,24)/p+1/t18-/m0/s1. The van der Waals surface area contributed by atoms with Crippen molar-refractivity contribution >= 4 is 27.5 Å². The van der Waals surface area contributed by atoms with E-state index in [2.05, 4.69) is 27.3 Å². The molecule has 5 nitrogen and oxygen atoms in total. The van der Waals surface area contributed by atoms with Crippen LogP contribution in [-0.4, -0.2) is 33.2 Å². The van der Waals surface area contributed by atoms with Gasteiger partial charge in [0.2, 0.25) is 0 Å². The highest BCUT2D eigenvalue weighted by Gasteiger charge is 2.33. The van der Waals surface area contributed by atoms with Crippen LogP contribution in [-0.2, 0) is 4.79 Å². The van der Waals surface area contributed by atoms with Gasteiger partial charge in [-0.05, 0) is 30.3 Å². The van der Waals surface area contributed by atoms with Crippen molar-refractivity contribution < 1.29 is 19.2 Å². The minimum atomic E-state index is 0.0254. The Morgan fingerprint density at radius 1 is 1.23 bits per heavy atom. The third kappa shape index (κ3) is 4.37. The number of carbonyl (C=O) groups excluding carboxylic acids is 1. The fourth-order valence-corrected chi connectivity index (χ4v) is 3.98. The molecule has 1 saturated heterocycles. The number of likely N-dealkylation sites (tertiary alicyclic amines) is 1. The van der Waals surface area contributed by atoms with Gasteiger partial charge in [0.15, 0.2) is 6.54 Å². The van der Waals surface area contributed by atoms with Gasteiger partial charge in [-0.15, -0.1) is 0 Å². The number of ether oxygens (including phenoxy) is 2. The minimum absolute atomic E-state index is 0.0254. The Morgan fingerprint density at radius 3 is 2.81 bits per heavy atom. The summed E-state index contributed by atoms with van der Waals surface area (Å²) in [5.41, 5.74) is 1.94. The average Bonchev–Trinajstić information content (AvgIpc) is 3.08. The molecule has 2 aromatic carbocycles. The lowest BCUT2D eigenvalue weighted by atomic mass is 10.0. The second-order valence-electron chi connectivity index (χ2n) is 6.45. The number of anilines is 1. The van der Waals surface area contributed by atoms with Crippen molar-refractivity contribution in [1.82, 2.24) is 0 Å². The summed E-state index contributed by atoms with van der Waals surface area (Å²) >= 11 is 3.43. The van der Waals surface area contributed by atoms with Crippen molar-refractivity contribution in [2.45, 2.75) is 18.9 Å². The van der Waals surface area contributed by atoms with Crippen LogP contribution in [0.2, 0.25) is 0 Å². The highest BCUT2D eigenvalue weighted by molar-refractivity contribution is 9.10. The molecule has 0 radical (unpaired) electrons. The van der Waals surface area contributed by atoms with E-state index in [1.165, 1.54) is 4.90 Å². The molecule has 26 heavy (non-hydrogen) atoms. The third-order valence-corrected chi connectivity index (χ3v) is 5.29. The average molecular weight is 420 g/mol. The molecule has 6 heteroatoms. The van der Waals surface area contributed by atoms with Crippen LogP contribution in [0.5, 0.6) is 11.5 Å². The lowest BCUT2D eigenvalue weighted by molar-refractivity contribution is -0.910. The van der Waals surface area contributed by atoms with Gasteiger partial charge in [-0.2, -0.15) is 0 Å². The summed E-state index contributed by atoms with van der Waals surface area (Å²) in [5.74, 6) is 1.62. The van der Waals surface area contributed by atoms with E-state index in [0.29, 0.717) is 6.54 Å². The predicted molar refractivity (Wildman–Crippen MR) is 105 cm³/mol. The largest absolute Gasteiger partial charge is 0.497 e. The number of quaternary nitrogens is 1. The number of amides is 1. The van der Waals surface area contributed by atoms with E-state index in [0.717, 1.165) is 46.6 Å². The van der Waals surface area contributed by atoms with Gasteiger partial charge >= 0.3 is 0 Å². The van der Waals surface area contributed by atoms with Crippen molar-refractivity contribution in [3.8, 4) is 11.5 Å². The molecule has 3 rings (SSSR count). The van der Waals surface area contributed by atoms with Gasteiger partial charge in [0.25, 0.3) is 5.91 Å². The fraction of sp³-hybridized carbons (Fsp3) is 0.350. The van der Waals surface area contributed by atoms with Gasteiger partial charge in [-0.1, -0.05) is 22.0 Å². The van der Waals surface area contributed by atoms with Crippen molar-refractivity contribution in [3.63, 3.8) is 0 Å². The molecule has 2 N–H and O–H groups in total. The van der Waals surface area contributed by atoms with E-state index in [4.69, 9.17) is 9.47 Å². The second-order valence-corrected chi connectivity index (χ2v) is 7.36. The molecule has 0 aromatic heterocycles. The fourth-order valence-electron chi connectivity index (χ4n) is 3.58. The van der Waals surface area contributed by atoms with E-state index in [1.54, 1.807) is 14.2 Å². The molecule has 0 bridgehead atoms. The highest BCUT2D eigenvalue weighted by atomic mass is 79.9. The molecule has 0 saturated carbocycles. The number of hydrogen-bond acceptors (Lipinski definition) is 3. The summed E-state index contributed by atoms with van der Waals surface area (Å²) in [6.07, 6.45) is 2.14. The number of nitrogens with one attached hydrogen (secondary N) is 2. The molecule has 138 valence electrons. The molecule has 0 aliphatic carbocycles. The Balaban J connectivity index is 1.71. The van der Waals surface area contributed by atoms with Crippen LogP contribution in [0.3, 0.4) is 0 Å². The van der Waals surface area contributed by atoms with E-state index in [1.807, 2.05) is 36.4 Å². The second kappa shape index (κ2) is 8.56. The molecule has 0 spiro atoms. The number of methoxy groups -OCH3 is 2. The molecule has 1 aliphatic rings. The summed E-state index contributed by atoms with van der Waals surface area (Å²) in [7, 11) is 3.32. The topological polar surface area (TPSA) is 52.0 Å². The highest BCUT2D eigenvalue weighted by Crippen LogP contribution is 2.31. The summed E-state index contributed by atoms with van der Waals surface area (Å²) < 4.78 is 11.8. The normalized spacial score (nSPS) is 19.2. The quantitative estimate of drug-likeness (QED) is 0.756. The molecule has 1 aliphatic heterocycles. The Morgan fingerprint density at radius 2 is 2.08 bits per heavy atom. The Bertz CT molecular complexity index is 781. The van der Waals surface area contributed by atoms with Gasteiger partial charge in [-0.3, -0.25) is 4.79 Å². The maximum Gasteiger partial charge on any atom is 0.279 e. The van der Waals surface area contributed by atoms with E-state index >= 15 is 0 Å². The maximum absolute atomic E-state index is 12.5. The minimum Gasteiger partial charge on any atom is -0.497 e. The van der Waals surface area contributed by atoms with Crippen LogP contribution in [0, 0.1) is 0 Å². The molecule has 1 unspecified atom stereocenters. The van der Waals surface area contributed by atoms with Gasteiger partial charge < -0.3 is 19.7 Å². The molecule has 1 amide bonds. The zero-order valence-electron chi connectivity index (χ0n) is 15.0. The third-order valence-electron chi connectivity index (χ3n) is 4.80. The molecule has 1 fully saturated rings. The van der Waals surface area contributed by atoms with Crippen molar-refractivity contribution in [2.75, 3.05) is 32.6 Å². The van der Waals surface area contributed by atoms with Crippen LogP contribution in [0.15, 0.2) is 46.9 Å². The van der Waals surface area contributed by atoms with Gasteiger partial charge in [0, 0.05) is 29.1 Å². The first-order valence-corrected chi connectivity index (χ1v) is 9.52. The summed E-state index contributed by atoms with van der Waals surface area (Å²) in [6, 6.07) is 13.8. The van der Waals surface area contributed by atoms with Crippen LogP contribution in [0.4, 0.5) is 5.69 Å². The van der Waals surface area contributed by atoms with Crippen molar-refractivity contribution in [3.05, 3.63) is 52.5 Å². The summed E-state index contributed by atoms with van der Waals surface area (Å²) in [4.78, 5) is 13.8. The number of hydrogen-bond donors (Lipinski definition) is 2. The van der Waals surface area contributed by atoms with Crippen molar-refractivity contribution in [1.29, 1.82) is 0 Å².